The lowest BCUT2D eigenvalue weighted by Gasteiger charge is -2.36. The van der Waals surface area contributed by atoms with Gasteiger partial charge in [0.15, 0.2) is 0 Å². The van der Waals surface area contributed by atoms with Gasteiger partial charge in [-0.15, -0.1) is 0 Å². The second-order valence-electron chi connectivity index (χ2n) is 7.90. The van der Waals surface area contributed by atoms with Gasteiger partial charge in [0.25, 0.3) is 5.91 Å². The van der Waals surface area contributed by atoms with Crippen LogP contribution in [-0.2, 0) is 11.2 Å². The molecular formula is C20H28N2O3. The first kappa shape index (κ1) is 16.9. The van der Waals surface area contributed by atoms with Crippen LogP contribution in [0.15, 0.2) is 18.2 Å². The summed E-state index contributed by atoms with van der Waals surface area (Å²) in [4.78, 5) is 15.1. The van der Waals surface area contributed by atoms with Gasteiger partial charge in [-0.25, -0.2) is 0 Å². The van der Waals surface area contributed by atoms with Gasteiger partial charge < -0.3 is 14.8 Å². The average Bonchev–Trinajstić information content (AvgIpc) is 3.02. The molecular weight excluding hydrogens is 316 g/mol. The molecule has 0 aromatic heterocycles. The molecule has 0 spiro atoms. The van der Waals surface area contributed by atoms with Crippen molar-refractivity contribution in [3.8, 4) is 5.75 Å². The van der Waals surface area contributed by atoms with Gasteiger partial charge in [0.2, 0.25) is 0 Å². The fourth-order valence-electron chi connectivity index (χ4n) is 4.18. The lowest BCUT2D eigenvalue weighted by atomic mass is 10.0. The van der Waals surface area contributed by atoms with Crippen molar-refractivity contribution in [3.05, 3.63) is 29.3 Å². The zero-order valence-corrected chi connectivity index (χ0v) is 15.2. The Bertz CT molecular complexity index is 646. The Labute approximate surface area is 149 Å². The number of hydrogen-bond donors (Lipinski definition) is 1. The van der Waals surface area contributed by atoms with Crippen molar-refractivity contribution in [2.75, 3.05) is 26.3 Å². The number of carbonyl (C=O) groups excluding carboxylic acids is 1. The summed E-state index contributed by atoms with van der Waals surface area (Å²) in [5.41, 5.74) is 1.89. The second kappa shape index (κ2) is 6.96. The minimum Gasteiger partial charge on any atom is -0.493 e. The number of nitrogens with one attached hydrogen (secondary N) is 1. The number of aryl methyl sites for hydroxylation is 1. The molecule has 3 aliphatic heterocycles. The molecule has 3 heterocycles. The smallest absolute Gasteiger partial charge is 0.251 e. The number of carbonyl (C=O) groups is 1. The highest BCUT2D eigenvalue weighted by Crippen LogP contribution is 2.27. The number of ether oxygens (including phenoxy) is 2. The SMILES string of the molecule is CC(C)[C@@H]1CN2C[C@@H](NC(=O)c3ccc4c(c3)CCCO4)C[C@H]2CO1. The Morgan fingerprint density at radius 1 is 1.32 bits per heavy atom. The highest BCUT2D eigenvalue weighted by Gasteiger charge is 2.38. The van der Waals surface area contributed by atoms with Crippen LogP contribution in [0.5, 0.6) is 5.75 Å². The first-order valence-corrected chi connectivity index (χ1v) is 9.52. The third kappa shape index (κ3) is 3.53. The van der Waals surface area contributed by atoms with E-state index in [9.17, 15) is 4.79 Å². The molecule has 136 valence electrons. The van der Waals surface area contributed by atoms with E-state index in [0.717, 1.165) is 62.4 Å². The van der Waals surface area contributed by atoms with Gasteiger partial charge in [-0.3, -0.25) is 9.69 Å². The number of morpholine rings is 1. The van der Waals surface area contributed by atoms with Crippen molar-refractivity contribution in [1.29, 1.82) is 0 Å². The van der Waals surface area contributed by atoms with E-state index in [0.29, 0.717) is 18.1 Å². The molecule has 4 rings (SSSR count). The number of hydrogen-bond acceptors (Lipinski definition) is 4. The minimum atomic E-state index is 0.0274. The van der Waals surface area contributed by atoms with Crippen LogP contribution in [-0.4, -0.2) is 55.3 Å². The molecule has 1 N–H and O–H groups in total. The summed E-state index contributed by atoms with van der Waals surface area (Å²) in [6.07, 6.45) is 3.30. The maximum absolute atomic E-state index is 12.7. The molecule has 1 amide bonds. The first-order valence-electron chi connectivity index (χ1n) is 9.52. The highest BCUT2D eigenvalue weighted by atomic mass is 16.5. The summed E-state index contributed by atoms with van der Waals surface area (Å²) in [6.45, 7) is 7.88. The maximum atomic E-state index is 12.7. The topological polar surface area (TPSA) is 50.8 Å². The van der Waals surface area contributed by atoms with E-state index in [4.69, 9.17) is 9.47 Å². The van der Waals surface area contributed by atoms with Crippen LogP contribution in [0, 0.1) is 5.92 Å². The van der Waals surface area contributed by atoms with Crippen molar-refractivity contribution in [1.82, 2.24) is 10.2 Å². The molecule has 0 bridgehead atoms. The maximum Gasteiger partial charge on any atom is 0.251 e. The molecule has 0 saturated carbocycles. The minimum absolute atomic E-state index is 0.0274. The molecule has 3 aliphatic rings. The van der Waals surface area contributed by atoms with Gasteiger partial charge in [0.1, 0.15) is 5.75 Å². The Balaban J connectivity index is 1.37. The van der Waals surface area contributed by atoms with E-state index in [1.54, 1.807) is 0 Å². The second-order valence-corrected chi connectivity index (χ2v) is 7.90. The Hall–Kier alpha value is -1.59. The highest BCUT2D eigenvalue weighted by molar-refractivity contribution is 5.94. The van der Waals surface area contributed by atoms with Crippen LogP contribution in [0.1, 0.15) is 42.6 Å². The van der Waals surface area contributed by atoms with Crippen molar-refractivity contribution in [3.63, 3.8) is 0 Å². The summed E-state index contributed by atoms with van der Waals surface area (Å²) in [5.74, 6) is 1.49. The fourth-order valence-corrected chi connectivity index (χ4v) is 4.18. The normalized spacial score (nSPS) is 29.0. The molecule has 5 nitrogen and oxygen atoms in total. The van der Waals surface area contributed by atoms with Crippen molar-refractivity contribution in [2.24, 2.45) is 5.92 Å². The molecule has 1 aromatic rings. The Kier molecular flexibility index (Phi) is 4.69. The van der Waals surface area contributed by atoms with Crippen LogP contribution in [0.2, 0.25) is 0 Å². The zero-order valence-electron chi connectivity index (χ0n) is 15.2. The quantitative estimate of drug-likeness (QED) is 0.914. The van der Waals surface area contributed by atoms with Crippen molar-refractivity contribution >= 4 is 5.91 Å². The van der Waals surface area contributed by atoms with Crippen LogP contribution < -0.4 is 10.1 Å². The van der Waals surface area contributed by atoms with E-state index >= 15 is 0 Å². The largest absolute Gasteiger partial charge is 0.493 e. The molecule has 2 saturated heterocycles. The fraction of sp³-hybridized carbons (Fsp3) is 0.650. The summed E-state index contributed by atoms with van der Waals surface area (Å²) < 4.78 is 11.6. The summed E-state index contributed by atoms with van der Waals surface area (Å²) >= 11 is 0. The van der Waals surface area contributed by atoms with Gasteiger partial charge in [-0.2, -0.15) is 0 Å². The molecule has 0 aliphatic carbocycles. The lowest BCUT2D eigenvalue weighted by Crippen LogP contribution is -2.48. The van der Waals surface area contributed by atoms with Gasteiger partial charge in [-0.1, -0.05) is 13.8 Å². The van der Waals surface area contributed by atoms with Crippen molar-refractivity contribution in [2.45, 2.75) is 51.3 Å². The third-order valence-electron chi connectivity index (χ3n) is 5.69. The van der Waals surface area contributed by atoms with Gasteiger partial charge >= 0.3 is 0 Å². The van der Waals surface area contributed by atoms with Crippen molar-refractivity contribution < 1.29 is 14.3 Å². The molecule has 0 unspecified atom stereocenters. The zero-order chi connectivity index (χ0) is 17.4. The first-order chi connectivity index (χ1) is 12.1. The number of amides is 1. The van der Waals surface area contributed by atoms with E-state index < -0.39 is 0 Å². The van der Waals surface area contributed by atoms with Crippen LogP contribution >= 0.6 is 0 Å². The standard InChI is InChI=1S/C20H28N2O3/c1-13(2)19-11-22-10-16(9-17(22)12-25-19)21-20(23)15-5-6-18-14(8-15)4-3-7-24-18/h5-6,8,13,16-17,19H,3-4,7,9-12H2,1-2H3,(H,21,23)/t16-,17-,19-/m0/s1. The predicted octanol–water partition coefficient (Wildman–Crippen LogP) is 2.24. The lowest BCUT2D eigenvalue weighted by molar-refractivity contribution is -0.0683. The molecule has 3 atom stereocenters. The summed E-state index contributed by atoms with van der Waals surface area (Å²) in [7, 11) is 0. The summed E-state index contributed by atoms with van der Waals surface area (Å²) in [6, 6.07) is 6.45. The number of benzene rings is 1. The summed E-state index contributed by atoms with van der Waals surface area (Å²) in [5, 5.41) is 3.23. The van der Waals surface area contributed by atoms with Gasteiger partial charge in [-0.05, 0) is 48.9 Å². The van der Waals surface area contributed by atoms with E-state index in [-0.39, 0.29) is 11.9 Å². The predicted molar refractivity (Wildman–Crippen MR) is 96.1 cm³/mol. The molecule has 2 fully saturated rings. The molecule has 1 aromatic carbocycles. The van der Waals surface area contributed by atoms with Crippen LogP contribution in [0.3, 0.4) is 0 Å². The monoisotopic (exact) mass is 344 g/mol. The van der Waals surface area contributed by atoms with E-state index in [1.165, 1.54) is 0 Å². The molecule has 0 radical (unpaired) electrons. The molecule has 25 heavy (non-hydrogen) atoms. The van der Waals surface area contributed by atoms with E-state index in [2.05, 4.69) is 24.1 Å². The third-order valence-corrected chi connectivity index (χ3v) is 5.69. The molecule has 5 heteroatoms. The van der Waals surface area contributed by atoms with Crippen LogP contribution in [0.25, 0.3) is 0 Å². The van der Waals surface area contributed by atoms with Crippen LogP contribution in [0.4, 0.5) is 0 Å². The Morgan fingerprint density at radius 3 is 3.04 bits per heavy atom. The van der Waals surface area contributed by atoms with Gasteiger partial charge in [0.05, 0.1) is 19.3 Å². The Morgan fingerprint density at radius 2 is 2.20 bits per heavy atom. The van der Waals surface area contributed by atoms with Gasteiger partial charge in [0, 0.05) is 30.7 Å². The van der Waals surface area contributed by atoms with E-state index in [1.807, 2.05) is 18.2 Å². The number of rotatable bonds is 3. The number of nitrogens with zero attached hydrogens (tertiary/aromatic N) is 1. The average molecular weight is 344 g/mol. The number of fused-ring (bicyclic) bond motifs is 2.